The van der Waals surface area contributed by atoms with Crippen molar-refractivity contribution in [2.45, 2.75) is 26.3 Å². The second kappa shape index (κ2) is 4.49. The van der Waals surface area contributed by atoms with Crippen molar-refractivity contribution in [3.8, 4) is 11.3 Å². The van der Waals surface area contributed by atoms with Gasteiger partial charge in [0.2, 0.25) is 0 Å². The molecule has 84 valence electrons. The molecule has 0 atom stereocenters. The van der Waals surface area contributed by atoms with Crippen molar-refractivity contribution in [3.63, 3.8) is 0 Å². The van der Waals surface area contributed by atoms with Gasteiger partial charge in [-0.15, -0.1) is 0 Å². The molecule has 2 rings (SSSR count). The minimum Gasteiger partial charge on any atom is -0.347 e. The van der Waals surface area contributed by atoms with E-state index >= 15 is 0 Å². The van der Waals surface area contributed by atoms with E-state index < -0.39 is 0 Å². The van der Waals surface area contributed by atoms with E-state index in [1.807, 2.05) is 0 Å². The molecule has 3 N–H and O–H groups in total. The summed E-state index contributed by atoms with van der Waals surface area (Å²) >= 11 is 0. The Labute approximate surface area is 95.7 Å². The number of nitrogens with zero attached hydrogens (tertiary/aromatic N) is 1. The van der Waals surface area contributed by atoms with E-state index in [0.29, 0.717) is 12.5 Å². The zero-order chi connectivity index (χ0) is 11.5. The maximum Gasteiger partial charge on any atom is 0.0929 e. The summed E-state index contributed by atoms with van der Waals surface area (Å²) < 4.78 is 0. The van der Waals surface area contributed by atoms with Gasteiger partial charge in [0.05, 0.1) is 17.7 Å². The van der Waals surface area contributed by atoms with E-state index in [2.05, 4.69) is 48.1 Å². The molecule has 1 aromatic carbocycles. The van der Waals surface area contributed by atoms with Crippen LogP contribution in [0.3, 0.4) is 0 Å². The Morgan fingerprint density at radius 2 is 1.94 bits per heavy atom. The Balaban J connectivity index is 2.35. The van der Waals surface area contributed by atoms with Crippen molar-refractivity contribution >= 4 is 0 Å². The van der Waals surface area contributed by atoms with Crippen LogP contribution < -0.4 is 5.73 Å². The smallest absolute Gasteiger partial charge is 0.0929 e. The summed E-state index contributed by atoms with van der Waals surface area (Å²) in [7, 11) is 0. The van der Waals surface area contributed by atoms with Crippen molar-refractivity contribution in [3.05, 3.63) is 41.9 Å². The number of benzene rings is 1. The van der Waals surface area contributed by atoms with E-state index in [1.54, 1.807) is 6.33 Å². The van der Waals surface area contributed by atoms with Crippen LogP contribution in [0.25, 0.3) is 11.3 Å². The van der Waals surface area contributed by atoms with Crippen molar-refractivity contribution in [2.75, 3.05) is 0 Å². The van der Waals surface area contributed by atoms with Crippen molar-refractivity contribution in [2.24, 2.45) is 5.73 Å². The Bertz CT molecular complexity index is 454. The lowest BCUT2D eigenvalue weighted by Crippen LogP contribution is -1.98. The fraction of sp³-hybridized carbons (Fsp3) is 0.308. The fourth-order valence-electron chi connectivity index (χ4n) is 1.75. The normalized spacial score (nSPS) is 11.0. The van der Waals surface area contributed by atoms with E-state index in [1.165, 1.54) is 5.56 Å². The fourth-order valence-corrected chi connectivity index (χ4v) is 1.75. The highest BCUT2D eigenvalue weighted by molar-refractivity contribution is 5.62. The Hall–Kier alpha value is -1.61. The predicted octanol–water partition coefficient (Wildman–Crippen LogP) is 2.66. The van der Waals surface area contributed by atoms with Gasteiger partial charge in [0, 0.05) is 12.1 Å². The zero-order valence-electron chi connectivity index (χ0n) is 9.70. The second-order valence-corrected chi connectivity index (χ2v) is 4.21. The number of nitrogens with one attached hydrogen (secondary N) is 1. The Morgan fingerprint density at radius 3 is 2.50 bits per heavy atom. The monoisotopic (exact) mass is 215 g/mol. The summed E-state index contributed by atoms with van der Waals surface area (Å²) in [6.45, 7) is 4.87. The maximum atomic E-state index is 5.64. The van der Waals surface area contributed by atoms with E-state index in [4.69, 9.17) is 5.73 Å². The molecular weight excluding hydrogens is 198 g/mol. The number of H-pyrrole nitrogens is 1. The lowest BCUT2D eigenvalue weighted by atomic mass is 10.0. The molecule has 0 saturated carbocycles. The van der Waals surface area contributed by atoms with E-state index in [0.717, 1.165) is 17.0 Å². The molecular formula is C13H17N3. The molecule has 0 fully saturated rings. The van der Waals surface area contributed by atoms with Crippen LogP contribution in [0.15, 0.2) is 30.6 Å². The van der Waals surface area contributed by atoms with Gasteiger partial charge < -0.3 is 10.7 Å². The number of nitrogens with two attached hydrogens (primary N) is 1. The van der Waals surface area contributed by atoms with Crippen molar-refractivity contribution in [1.82, 2.24) is 9.97 Å². The molecule has 0 amide bonds. The molecule has 0 radical (unpaired) electrons. The predicted molar refractivity (Wildman–Crippen MR) is 66.0 cm³/mol. The van der Waals surface area contributed by atoms with Crippen LogP contribution in [0.5, 0.6) is 0 Å². The highest BCUT2D eigenvalue weighted by atomic mass is 14.9. The number of hydrogen-bond donors (Lipinski definition) is 2. The van der Waals surface area contributed by atoms with Crippen LogP contribution in [-0.2, 0) is 6.54 Å². The lowest BCUT2D eigenvalue weighted by Gasteiger charge is -2.06. The van der Waals surface area contributed by atoms with E-state index in [9.17, 15) is 0 Å². The molecule has 3 heteroatoms. The molecule has 1 heterocycles. The molecule has 1 aromatic heterocycles. The first-order valence-corrected chi connectivity index (χ1v) is 5.55. The molecule has 3 nitrogen and oxygen atoms in total. The molecule has 0 aliphatic heterocycles. The average molecular weight is 215 g/mol. The minimum absolute atomic E-state index is 0.487. The topological polar surface area (TPSA) is 54.7 Å². The molecule has 0 unspecified atom stereocenters. The first-order valence-electron chi connectivity index (χ1n) is 5.55. The van der Waals surface area contributed by atoms with Crippen LogP contribution in [0.1, 0.15) is 31.0 Å². The third-order valence-corrected chi connectivity index (χ3v) is 2.77. The molecule has 0 bridgehead atoms. The maximum absolute atomic E-state index is 5.64. The van der Waals surface area contributed by atoms with Crippen molar-refractivity contribution < 1.29 is 0 Å². The molecule has 2 aromatic rings. The first kappa shape index (κ1) is 10.9. The number of aromatic amines is 1. The van der Waals surface area contributed by atoms with Gasteiger partial charge in [0.25, 0.3) is 0 Å². The summed E-state index contributed by atoms with van der Waals surface area (Å²) in [5.74, 6) is 0.558. The SMILES string of the molecule is CC(C)c1ccc(-c2nc[nH]c2CN)cc1. The Morgan fingerprint density at radius 1 is 1.25 bits per heavy atom. The molecule has 0 saturated heterocycles. The number of aromatic nitrogens is 2. The van der Waals surface area contributed by atoms with Crippen LogP contribution in [0, 0.1) is 0 Å². The van der Waals surface area contributed by atoms with Gasteiger partial charge in [-0.2, -0.15) is 0 Å². The number of imidazole rings is 1. The van der Waals surface area contributed by atoms with Crippen molar-refractivity contribution in [1.29, 1.82) is 0 Å². The summed E-state index contributed by atoms with van der Waals surface area (Å²) in [6, 6.07) is 8.50. The number of rotatable bonds is 3. The number of hydrogen-bond acceptors (Lipinski definition) is 2. The first-order chi connectivity index (χ1) is 7.72. The second-order valence-electron chi connectivity index (χ2n) is 4.21. The Kier molecular flexibility index (Phi) is 3.06. The highest BCUT2D eigenvalue weighted by Gasteiger charge is 2.07. The minimum atomic E-state index is 0.487. The molecule has 0 aliphatic rings. The quantitative estimate of drug-likeness (QED) is 0.827. The summed E-state index contributed by atoms with van der Waals surface area (Å²) in [6.07, 6.45) is 1.69. The zero-order valence-corrected chi connectivity index (χ0v) is 9.70. The van der Waals surface area contributed by atoms with E-state index in [-0.39, 0.29) is 0 Å². The van der Waals surface area contributed by atoms with Crippen LogP contribution in [-0.4, -0.2) is 9.97 Å². The van der Waals surface area contributed by atoms with Gasteiger partial charge in [0.1, 0.15) is 0 Å². The standard InChI is InChI=1S/C13H17N3/c1-9(2)10-3-5-11(6-4-10)13-12(7-14)15-8-16-13/h3-6,8-9H,7,14H2,1-2H3,(H,15,16). The van der Waals surface area contributed by atoms with Crippen LogP contribution >= 0.6 is 0 Å². The van der Waals surface area contributed by atoms with Gasteiger partial charge >= 0.3 is 0 Å². The summed E-state index contributed by atoms with van der Waals surface area (Å²) in [5, 5.41) is 0. The van der Waals surface area contributed by atoms with Gasteiger partial charge in [-0.3, -0.25) is 0 Å². The summed E-state index contributed by atoms with van der Waals surface area (Å²) in [4.78, 5) is 7.35. The summed E-state index contributed by atoms with van der Waals surface area (Å²) in [5.41, 5.74) is 10.0. The van der Waals surface area contributed by atoms with Gasteiger partial charge in [0.15, 0.2) is 0 Å². The average Bonchev–Trinajstić information content (AvgIpc) is 2.77. The highest BCUT2D eigenvalue weighted by Crippen LogP contribution is 2.22. The lowest BCUT2D eigenvalue weighted by molar-refractivity contribution is 0.867. The third kappa shape index (κ3) is 1.99. The van der Waals surface area contributed by atoms with Gasteiger partial charge in [-0.05, 0) is 11.5 Å². The van der Waals surface area contributed by atoms with Gasteiger partial charge in [-0.25, -0.2) is 4.98 Å². The van der Waals surface area contributed by atoms with Crippen LogP contribution in [0.2, 0.25) is 0 Å². The van der Waals surface area contributed by atoms with Crippen LogP contribution in [0.4, 0.5) is 0 Å². The molecule has 16 heavy (non-hydrogen) atoms. The molecule has 0 aliphatic carbocycles. The molecule has 0 spiro atoms. The third-order valence-electron chi connectivity index (χ3n) is 2.77. The largest absolute Gasteiger partial charge is 0.347 e. The van der Waals surface area contributed by atoms with Gasteiger partial charge in [-0.1, -0.05) is 38.1 Å².